The van der Waals surface area contributed by atoms with Gasteiger partial charge in [0.15, 0.2) is 0 Å². The number of nitrogens with zero attached hydrogens (tertiary/aromatic N) is 2. The van der Waals surface area contributed by atoms with Gasteiger partial charge in [0.2, 0.25) is 5.91 Å². The highest BCUT2D eigenvalue weighted by molar-refractivity contribution is 7.10. The molecule has 1 aliphatic carbocycles. The number of fused-ring (bicyclic) bond motifs is 1. The molecule has 0 N–H and O–H groups in total. The van der Waals surface area contributed by atoms with E-state index in [9.17, 15) is 22.8 Å². The molecule has 1 fully saturated rings. The van der Waals surface area contributed by atoms with E-state index in [1.807, 2.05) is 35.7 Å². The maximum Gasteiger partial charge on any atom is 0.416 e. The third kappa shape index (κ3) is 4.84. The first kappa shape index (κ1) is 24.4. The average Bonchev–Trinajstić information content (AvgIpc) is 3.61. The van der Waals surface area contributed by atoms with Gasteiger partial charge in [-0.05, 0) is 72.2 Å². The largest absolute Gasteiger partial charge is 0.497 e. The van der Waals surface area contributed by atoms with Crippen LogP contribution in [0.5, 0.6) is 5.75 Å². The van der Waals surface area contributed by atoms with E-state index in [0.717, 1.165) is 42.5 Å². The number of carbonyl (C=O) groups is 2. The minimum atomic E-state index is -4.55. The SMILES string of the molecule is COc1ccc(C2c3ccsc3CCN2C(=O)CN(C(=O)c2cccc(C(F)(F)F)c2)C2CC2)cc1. The highest BCUT2D eigenvalue weighted by Gasteiger charge is 2.39. The van der Waals surface area contributed by atoms with E-state index < -0.39 is 17.6 Å². The Bertz CT molecular complexity index is 1270. The van der Waals surface area contributed by atoms with E-state index in [4.69, 9.17) is 4.74 Å². The van der Waals surface area contributed by atoms with Crippen LogP contribution in [0.3, 0.4) is 0 Å². The van der Waals surface area contributed by atoms with Crippen LogP contribution in [0.25, 0.3) is 0 Å². The number of rotatable bonds is 6. The standard InChI is InChI=1S/C27H25F3N2O3S/c1-35-21-9-5-17(6-10-21)25-22-12-14-36-23(22)11-13-31(25)24(33)16-32(20-7-8-20)26(34)18-3-2-4-19(15-18)27(28,29)30/h2-6,9-10,12,14-15,20,25H,7-8,11,13,16H2,1H3. The molecule has 36 heavy (non-hydrogen) atoms. The summed E-state index contributed by atoms with van der Waals surface area (Å²) in [5, 5.41) is 2.02. The van der Waals surface area contributed by atoms with Gasteiger partial charge in [-0.3, -0.25) is 9.59 Å². The number of hydrogen-bond donors (Lipinski definition) is 0. The minimum Gasteiger partial charge on any atom is -0.497 e. The third-order valence-electron chi connectivity index (χ3n) is 6.71. The van der Waals surface area contributed by atoms with Gasteiger partial charge in [-0.15, -0.1) is 11.3 Å². The Morgan fingerprint density at radius 2 is 1.86 bits per heavy atom. The molecule has 1 saturated carbocycles. The first-order chi connectivity index (χ1) is 17.3. The summed E-state index contributed by atoms with van der Waals surface area (Å²) in [6.45, 7) is 0.325. The number of thiophene rings is 1. The van der Waals surface area contributed by atoms with Gasteiger partial charge in [-0.25, -0.2) is 0 Å². The topological polar surface area (TPSA) is 49.9 Å². The molecule has 188 valence electrons. The van der Waals surface area contributed by atoms with E-state index in [1.54, 1.807) is 23.3 Å². The lowest BCUT2D eigenvalue weighted by Crippen LogP contribution is -2.47. The van der Waals surface area contributed by atoms with Gasteiger partial charge in [0.05, 0.1) is 18.7 Å². The molecule has 1 aliphatic heterocycles. The molecule has 0 saturated heterocycles. The van der Waals surface area contributed by atoms with E-state index in [-0.39, 0.29) is 30.1 Å². The van der Waals surface area contributed by atoms with Crippen molar-refractivity contribution >= 4 is 23.2 Å². The van der Waals surface area contributed by atoms with Crippen LogP contribution in [0, 0.1) is 0 Å². The van der Waals surface area contributed by atoms with Crippen molar-refractivity contribution in [2.24, 2.45) is 0 Å². The van der Waals surface area contributed by atoms with E-state index >= 15 is 0 Å². The summed E-state index contributed by atoms with van der Waals surface area (Å²) in [6, 6.07) is 13.6. The van der Waals surface area contributed by atoms with Crippen LogP contribution in [-0.4, -0.2) is 47.9 Å². The summed E-state index contributed by atoms with van der Waals surface area (Å²) < 4.78 is 44.9. The van der Waals surface area contributed by atoms with Crippen LogP contribution in [0.1, 0.15) is 50.8 Å². The van der Waals surface area contributed by atoms with Gasteiger partial charge in [0.25, 0.3) is 5.91 Å². The fourth-order valence-electron chi connectivity index (χ4n) is 4.71. The summed E-state index contributed by atoms with van der Waals surface area (Å²) in [5.41, 5.74) is 1.06. The van der Waals surface area contributed by atoms with Crippen LogP contribution in [0.4, 0.5) is 13.2 Å². The summed E-state index contributed by atoms with van der Waals surface area (Å²) in [7, 11) is 1.59. The van der Waals surface area contributed by atoms with Crippen molar-refractivity contribution < 1.29 is 27.5 Å². The molecule has 2 heterocycles. The van der Waals surface area contributed by atoms with Gasteiger partial charge >= 0.3 is 6.18 Å². The van der Waals surface area contributed by atoms with Gasteiger partial charge in [-0.2, -0.15) is 13.2 Å². The quantitative estimate of drug-likeness (QED) is 0.433. The molecule has 1 aromatic heterocycles. The average molecular weight is 515 g/mol. The fourth-order valence-corrected chi connectivity index (χ4v) is 5.62. The molecule has 1 unspecified atom stereocenters. The Kier molecular flexibility index (Phi) is 6.51. The lowest BCUT2D eigenvalue weighted by molar-refractivity contribution is -0.137. The van der Waals surface area contributed by atoms with Crippen molar-refractivity contribution in [3.63, 3.8) is 0 Å². The lowest BCUT2D eigenvalue weighted by Gasteiger charge is -2.37. The van der Waals surface area contributed by atoms with Crippen molar-refractivity contribution in [3.8, 4) is 5.75 Å². The van der Waals surface area contributed by atoms with Crippen molar-refractivity contribution in [2.75, 3.05) is 20.2 Å². The molecule has 3 aromatic rings. The van der Waals surface area contributed by atoms with Gasteiger partial charge in [0.1, 0.15) is 12.3 Å². The summed E-state index contributed by atoms with van der Waals surface area (Å²) >= 11 is 1.66. The Balaban J connectivity index is 1.41. The van der Waals surface area contributed by atoms with E-state index in [2.05, 4.69) is 0 Å². The van der Waals surface area contributed by atoms with Crippen molar-refractivity contribution in [1.82, 2.24) is 9.80 Å². The zero-order valence-electron chi connectivity index (χ0n) is 19.6. The van der Waals surface area contributed by atoms with Crippen molar-refractivity contribution in [3.05, 3.63) is 87.1 Å². The van der Waals surface area contributed by atoms with E-state index in [1.165, 1.54) is 21.9 Å². The zero-order chi connectivity index (χ0) is 25.4. The van der Waals surface area contributed by atoms with Crippen LogP contribution in [-0.2, 0) is 17.4 Å². The van der Waals surface area contributed by atoms with Gasteiger partial charge < -0.3 is 14.5 Å². The molecule has 0 bridgehead atoms. The van der Waals surface area contributed by atoms with Crippen molar-refractivity contribution in [1.29, 1.82) is 0 Å². The Morgan fingerprint density at radius 3 is 2.53 bits per heavy atom. The monoisotopic (exact) mass is 514 g/mol. The molecule has 1 atom stereocenters. The Hall–Kier alpha value is -3.33. The predicted octanol–water partition coefficient (Wildman–Crippen LogP) is 5.55. The number of methoxy groups -OCH3 is 1. The summed E-state index contributed by atoms with van der Waals surface area (Å²) in [6.07, 6.45) is -2.37. The number of halogens is 3. The van der Waals surface area contributed by atoms with Crippen LogP contribution < -0.4 is 4.74 Å². The summed E-state index contributed by atoms with van der Waals surface area (Å²) in [5.74, 6) is -0.0596. The number of ether oxygens (including phenoxy) is 1. The molecule has 9 heteroatoms. The van der Waals surface area contributed by atoms with Crippen LogP contribution in [0.15, 0.2) is 60.0 Å². The number of amides is 2. The number of alkyl halides is 3. The highest BCUT2D eigenvalue weighted by atomic mass is 32.1. The molecule has 5 nitrogen and oxygen atoms in total. The molecule has 2 aromatic carbocycles. The second-order valence-electron chi connectivity index (χ2n) is 9.05. The molecule has 0 spiro atoms. The molecule has 5 rings (SSSR count). The third-order valence-corrected chi connectivity index (χ3v) is 7.71. The minimum absolute atomic E-state index is 0.0602. The first-order valence-corrected chi connectivity index (χ1v) is 12.6. The smallest absolute Gasteiger partial charge is 0.416 e. The molecular weight excluding hydrogens is 489 g/mol. The maximum absolute atomic E-state index is 13.7. The highest BCUT2D eigenvalue weighted by Crippen LogP contribution is 2.39. The normalized spacial score (nSPS) is 17.4. The zero-order valence-corrected chi connectivity index (χ0v) is 20.4. The summed E-state index contributed by atoms with van der Waals surface area (Å²) in [4.78, 5) is 31.4. The number of hydrogen-bond acceptors (Lipinski definition) is 4. The second kappa shape index (κ2) is 9.61. The van der Waals surface area contributed by atoms with Gasteiger partial charge in [-0.1, -0.05) is 18.2 Å². The molecular formula is C27H25F3N2O3S. The fraction of sp³-hybridized carbons (Fsp3) is 0.333. The van der Waals surface area contributed by atoms with Crippen molar-refractivity contribution in [2.45, 2.75) is 37.5 Å². The maximum atomic E-state index is 13.7. The van der Waals surface area contributed by atoms with Gasteiger partial charge in [0, 0.05) is 23.0 Å². The van der Waals surface area contributed by atoms with Crippen LogP contribution >= 0.6 is 11.3 Å². The second-order valence-corrected chi connectivity index (χ2v) is 10.1. The molecule has 2 amide bonds. The first-order valence-electron chi connectivity index (χ1n) is 11.7. The Labute approximate surface area is 211 Å². The molecule has 0 radical (unpaired) electrons. The van der Waals surface area contributed by atoms with E-state index in [0.29, 0.717) is 12.3 Å². The lowest BCUT2D eigenvalue weighted by atomic mass is 9.93. The Morgan fingerprint density at radius 1 is 1.11 bits per heavy atom. The number of benzene rings is 2. The number of carbonyl (C=O) groups excluding carboxylic acids is 2. The molecule has 2 aliphatic rings. The van der Waals surface area contributed by atoms with Crippen LogP contribution in [0.2, 0.25) is 0 Å². The predicted molar refractivity (Wildman–Crippen MR) is 130 cm³/mol.